The van der Waals surface area contributed by atoms with Crippen molar-refractivity contribution in [2.75, 3.05) is 26.0 Å². The summed E-state index contributed by atoms with van der Waals surface area (Å²) in [6.07, 6.45) is 5.18. The molecule has 5 nitrogen and oxygen atoms in total. The van der Waals surface area contributed by atoms with Crippen LogP contribution < -0.4 is 14.8 Å². The zero-order chi connectivity index (χ0) is 17.9. The Morgan fingerprint density at radius 1 is 1.28 bits per heavy atom. The van der Waals surface area contributed by atoms with E-state index in [1.165, 1.54) is 6.07 Å². The van der Waals surface area contributed by atoms with Crippen LogP contribution in [0.25, 0.3) is 0 Å². The highest BCUT2D eigenvalue weighted by atomic mass is 32.2. The minimum atomic E-state index is -3.36. The maximum absolute atomic E-state index is 14.0. The number of benzene rings is 1. The van der Waals surface area contributed by atoms with Crippen LogP contribution in [0.1, 0.15) is 44.1 Å². The minimum absolute atomic E-state index is 0.114. The summed E-state index contributed by atoms with van der Waals surface area (Å²) in [5, 5.41) is 3.01. The van der Waals surface area contributed by atoms with Gasteiger partial charge < -0.3 is 10.1 Å². The van der Waals surface area contributed by atoms with Gasteiger partial charge in [-0.1, -0.05) is 6.07 Å². The summed E-state index contributed by atoms with van der Waals surface area (Å²) in [4.78, 5) is 0. The molecule has 0 unspecified atom stereocenters. The third kappa shape index (κ3) is 5.15. The van der Waals surface area contributed by atoms with Crippen molar-refractivity contribution in [3.63, 3.8) is 0 Å². The van der Waals surface area contributed by atoms with Crippen LogP contribution in [0.2, 0.25) is 0 Å². The summed E-state index contributed by atoms with van der Waals surface area (Å²) in [5.74, 6) is 0.482. The van der Waals surface area contributed by atoms with Crippen molar-refractivity contribution in [3.8, 4) is 5.75 Å². The highest BCUT2D eigenvalue weighted by molar-refractivity contribution is 7.89. The molecule has 0 amide bonds. The molecule has 0 aliphatic heterocycles. The topological polar surface area (TPSA) is 67.4 Å². The van der Waals surface area contributed by atoms with Gasteiger partial charge in [0.1, 0.15) is 0 Å². The molecule has 2 aliphatic rings. The number of ether oxygens (including phenoxy) is 1. The van der Waals surface area contributed by atoms with E-state index in [2.05, 4.69) is 10.0 Å². The third-order valence-corrected chi connectivity index (χ3v) is 6.37. The van der Waals surface area contributed by atoms with Gasteiger partial charge in [-0.25, -0.2) is 17.5 Å². The molecule has 1 aromatic carbocycles. The van der Waals surface area contributed by atoms with E-state index in [1.807, 2.05) is 7.05 Å². The van der Waals surface area contributed by atoms with Gasteiger partial charge in [0.2, 0.25) is 10.0 Å². The SMILES string of the molecule is CNCCCCS(=O)(=O)NC1(c2ccc(F)c(OCC3CC3)c2)CC1. The molecule has 0 saturated heterocycles. The molecule has 140 valence electrons. The number of sulfonamides is 1. The van der Waals surface area contributed by atoms with Crippen molar-refractivity contribution >= 4 is 10.0 Å². The molecule has 2 aliphatic carbocycles. The number of unbranched alkanes of at least 4 members (excludes halogenated alkanes) is 1. The van der Waals surface area contributed by atoms with Crippen LogP contribution in [-0.2, 0) is 15.6 Å². The Morgan fingerprint density at radius 2 is 2.04 bits per heavy atom. The van der Waals surface area contributed by atoms with E-state index in [1.54, 1.807) is 12.1 Å². The fraction of sp³-hybridized carbons (Fsp3) is 0.667. The molecule has 0 bridgehead atoms. The van der Waals surface area contributed by atoms with Gasteiger partial charge in [0, 0.05) is 0 Å². The Labute approximate surface area is 149 Å². The highest BCUT2D eigenvalue weighted by Crippen LogP contribution is 2.47. The smallest absolute Gasteiger partial charge is 0.212 e. The van der Waals surface area contributed by atoms with Crippen molar-refractivity contribution in [1.82, 2.24) is 10.0 Å². The summed E-state index contributed by atoms with van der Waals surface area (Å²) >= 11 is 0. The Hall–Kier alpha value is -1.18. The Balaban J connectivity index is 1.64. The average Bonchev–Trinajstić information content (AvgIpc) is 3.47. The number of rotatable bonds is 11. The number of hydrogen-bond acceptors (Lipinski definition) is 4. The van der Waals surface area contributed by atoms with Gasteiger partial charge in [-0.05, 0) is 75.7 Å². The molecule has 0 atom stereocenters. The molecule has 2 fully saturated rings. The van der Waals surface area contributed by atoms with E-state index in [-0.39, 0.29) is 11.5 Å². The van der Waals surface area contributed by atoms with Crippen LogP contribution in [0.5, 0.6) is 5.75 Å². The molecule has 0 aromatic heterocycles. The van der Waals surface area contributed by atoms with Crippen LogP contribution in [0.15, 0.2) is 18.2 Å². The van der Waals surface area contributed by atoms with Gasteiger partial charge in [0.15, 0.2) is 11.6 Å². The van der Waals surface area contributed by atoms with Crippen LogP contribution in [0.3, 0.4) is 0 Å². The van der Waals surface area contributed by atoms with E-state index in [9.17, 15) is 12.8 Å². The molecule has 2 saturated carbocycles. The highest BCUT2D eigenvalue weighted by Gasteiger charge is 2.47. The van der Waals surface area contributed by atoms with Crippen molar-refractivity contribution < 1.29 is 17.5 Å². The quantitative estimate of drug-likeness (QED) is 0.588. The summed E-state index contributed by atoms with van der Waals surface area (Å²) in [5.41, 5.74) is 0.200. The predicted octanol–water partition coefficient (Wildman–Crippen LogP) is 2.52. The molecule has 0 spiro atoms. The Bertz CT molecular complexity index is 700. The lowest BCUT2D eigenvalue weighted by molar-refractivity contribution is 0.284. The minimum Gasteiger partial charge on any atom is -0.490 e. The number of halogens is 1. The van der Waals surface area contributed by atoms with Gasteiger partial charge in [-0.2, -0.15) is 0 Å². The molecule has 1 aromatic rings. The molecule has 2 N–H and O–H groups in total. The second-order valence-electron chi connectivity index (χ2n) is 7.21. The first-order chi connectivity index (χ1) is 11.9. The van der Waals surface area contributed by atoms with Gasteiger partial charge in [0.05, 0.1) is 17.9 Å². The second kappa shape index (κ2) is 7.60. The van der Waals surface area contributed by atoms with E-state index in [0.29, 0.717) is 18.9 Å². The zero-order valence-electron chi connectivity index (χ0n) is 14.7. The summed E-state index contributed by atoms with van der Waals surface area (Å²) in [7, 11) is -1.51. The first kappa shape index (κ1) is 18.6. The average molecular weight is 370 g/mol. The fourth-order valence-electron chi connectivity index (χ4n) is 2.92. The number of nitrogens with one attached hydrogen (secondary N) is 2. The molecular formula is C18H27FN2O3S. The van der Waals surface area contributed by atoms with Crippen molar-refractivity contribution in [2.45, 2.75) is 44.1 Å². The summed E-state index contributed by atoms with van der Waals surface area (Å²) in [6, 6.07) is 4.70. The maximum atomic E-state index is 14.0. The summed E-state index contributed by atoms with van der Waals surface area (Å²) in [6.45, 7) is 1.34. The monoisotopic (exact) mass is 370 g/mol. The fourth-order valence-corrected chi connectivity index (χ4v) is 4.52. The standard InChI is InChI=1S/C18H27FN2O3S/c1-20-10-2-3-11-25(22,23)21-18(8-9-18)15-6-7-16(19)17(12-15)24-13-14-4-5-14/h6-7,12,14,20-21H,2-5,8-11,13H2,1H3. The van der Waals surface area contributed by atoms with Crippen LogP contribution in [0.4, 0.5) is 4.39 Å². The zero-order valence-corrected chi connectivity index (χ0v) is 15.5. The third-order valence-electron chi connectivity index (χ3n) is 4.85. The van der Waals surface area contributed by atoms with Crippen molar-refractivity contribution in [1.29, 1.82) is 0 Å². The van der Waals surface area contributed by atoms with Gasteiger partial charge in [-0.15, -0.1) is 0 Å². The lowest BCUT2D eigenvalue weighted by Crippen LogP contribution is -2.36. The Morgan fingerprint density at radius 3 is 2.68 bits per heavy atom. The second-order valence-corrected chi connectivity index (χ2v) is 9.06. The molecule has 3 rings (SSSR count). The van der Waals surface area contributed by atoms with Gasteiger partial charge in [-0.3, -0.25) is 0 Å². The largest absolute Gasteiger partial charge is 0.490 e. The van der Waals surface area contributed by atoms with Gasteiger partial charge >= 0.3 is 0 Å². The molecule has 25 heavy (non-hydrogen) atoms. The normalized spacial score (nSPS) is 19.0. The Kier molecular flexibility index (Phi) is 5.65. The molecular weight excluding hydrogens is 343 g/mol. The predicted molar refractivity (Wildman–Crippen MR) is 95.6 cm³/mol. The van der Waals surface area contributed by atoms with Crippen LogP contribution >= 0.6 is 0 Å². The lowest BCUT2D eigenvalue weighted by atomic mass is 10.1. The molecule has 7 heteroatoms. The first-order valence-corrected chi connectivity index (χ1v) is 10.7. The maximum Gasteiger partial charge on any atom is 0.212 e. The van der Waals surface area contributed by atoms with Crippen LogP contribution in [0, 0.1) is 11.7 Å². The van der Waals surface area contributed by atoms with Crippen molar-refractivity contribution in [2.24, 2.45) is 5.92 Å². The van der Waals surface area contributed by atoms with Crippen molar-refractivity contribution in [3.05, 3.63) is 29.6 Å². The lowest BCUT2D eigenvalue weighted by Gasteiger charge is -2.19. The van der Waals surface area contributed by atoms with E-state index < -0.39 is 21.4 Å². The molecule has 0 radical (unpaired) electrons. The van der Waals surface area contributed by atoms with Crippen LogP contribution in [-0.4, -0.2) is 34.4 Å². The van der Waals surface area contributed by atoms with E-state index >= 15 is 0 Å². The molecule has 0 heterocycles. The van der Waals surface area contributed by atoms with E-state index in [4.69, 9.17) is 4.74 Å². The van der Waals surface area contributed by atoms with Gasteiger partial charge in [0.25, 0.3) is 0 Å². The summed E-state index contributed by atoms with van der Waals surface area (Å²) < 4.78 is 47.1. The first-order valence-electron chi connectivity index (χ1n) is 9.03. The van der Waals surface area contributed by atoms with E-state index in [0.717, 1.165) is 44.2 Å². The number of hydrogen-bond donors (Lipinski definition) is 2.